The molecule has 2 rings (SSSR count). The number of furan rings is 1. The van der Waals surface area contributed by atoms with Crippen LogP contribution >= 0.6 is 23.2 Å². The van der Waals surface area contributed by atoms with Crippen LogP contribution in [-0.4, -0.2) is 23.5 Å². The van der Waals surface area contributed by atoms with Gasteiger partial charge in [0.1, 0.15) is 5.76 Å². The molecular formula is C18H19Cl2NO4. The summed E-state index contributed by atoms with van der Waals surface area (Å²) < 4.78 is 10.6. The van der Waals surface area contributed by atoms with Gasteiger partial charge in [-0.1, -0.05) is 29.3 Å². The molecular weight excluding hydrogens is 365 g/mol. The molecule has 0 fully saturated rings. The second-order valence-electron chi connectivity index (χ2n) is 6.55. The molecule has 7 heteroatoms. The first-order chi connectivity index (χ1) is 11.6. The fraction of sp³-hybridized carbons (Fsp3) is 0.333. The van der Waals surface area contributed by atoms with E-state index in [1.807, 2.05) is 20.8 Å². The minimum Gasteiger partial charge on any atom is -0.449 e. The van der Waals surface area contributed by atoms with Gasteiger partial charge in [0.2, 0.25) is 5.76 Å². The first-order valence-corrected chi connectivity index (χ1v) is 8.41. The lowest BCUT2D eigenvalue weighted by Gasteiger charge is -2.22. The monoisotopic (exact) mass is 383 g/mol. The molecule has 0 saturated carbocycles. The molecule has 25 heavy (non-hydrogen) atoms. The third kappa shape index (κ3) is 5.00. The van der Waals surface area contributed by atoms with Gasteiger partial charge in [-0.2, -0.15) is 0 Å². The van der Waals surface area contributed by atoms with Gasteiger partial charge >= 0.3 is 5.97 Å². The third-order valence-corrected chi connectivity index (χ3v) is 3.99. The number of hydrogen-bond donors (Lipinski definition) is 1. The zero-order chi connectivity index (χ0) is 18.8. The largest absolute Gasteiger partial charge is 0.449 e. The molecule has 1 aromatic heterocycles. The van der Waals surface area contributed by atoms with Crippen molar-refractivity contribution in [3.63, 3.8) is 0 Å². The van der Waals surface area contributed by atoms with Crippen LogP contribution in [0.25, 0.3) is 11.3 Å². The number of amides is 1. The number of carbonyl (C=O) groups excluding carboxylic acids is 2. The van der Waals surface area contributed by atoms with E-state index in [0.29, 0.717) is 21.4 Å². The first kappa shape index (κ1) is 19.3. The van der Waals surface area contributed by atoms with E-state index in [1.165, 1.54) is 13.0 Å². The Kier molecular flexibility index (Phi) is 5.80. The van der Waals surface area contributed by atoms with Crippen LogP contribution in [0.2, 0.25) is 10.0 Å². The minimum atomic E-state index is -0.949. The molecule has 1 N–H and O–H groups in total. The van der Waals surface area contributed by atoms with Gasteiger partial charge < -0.3 is 14.5 Å². The molecule has 0 aliphatic rings. The summed E-state index contributed by atoms with van der Waals surface area (Å²) in [6.45, 7) is 7.02. The van der Waals surface area contributed by atoms with Gasteiger partial charge in [0.05, 0.1) is 10.0 Å². The Labute approximate surface area is 156 Å². The fourth-order valence-corrected chi connectivity index (χ4v) is 2.42. The molecule has 0 bridgehead atoms. The summed E-state index contributed by atoms with van der Waals surface area (Å²) in [5, 5.41) is 3.45. The summed E-state index contributed by atoms with van der Waals surface area (Å²) in [5.41, 5.74) is 0.144. The number of rotatable bonds is 4. The average molecular weight is 384 g/mol. The first-order valence-electron chi connectivity index (χ1n) is 7.66. The third-order valence-electron chi connectivity index (χ3n) is 3.18. The quantitative estimate of drug-likeness (QED) is 0.775. The van der Waals surface area contributed by atoms with Crippen molar-refractivity contribution in [2.45, 2.75) is 39.3 Å². The highest BCUT2D eigenvalue weighted by molar-refractivity contribution is 6.43. The van der Waals surface area contributed by atoms with Crippen LogP contribution in [0.3, 0.4) is 0 Å². The lowest BCUT2D eigenvalue weighted by Crippen LogP contribution is -2.46. The zero-order valence-electron chi connectivity index (χ0n) is 14.4. The predicted molar refractivity (Wildman–Crippen MR) is 96.9 cm³/mol. The van der Waals surface area contributed by atoms with Gasteiger partial charge in [-0.05, 0) is 52.0 Å². The van der Waals surface area contributed by atoms with Gasteiger partial charge in [0.15, 0.2) is 6.10 Å². The zero-order valence-corrected chi connectivity index (χ0v) is 15.9. The summed E-state index contributed by atoms with van der Waals surface area (Å²) in [7, 11) is 0. The molecule has 0 radical (unpaired) electrons. The van der Waals surface area contributed by atoms with Crippen molar-refractivity contribution in [1.29, 1.82) is 0 Å². The van der Waals surface area contributed by atoms with Crippen LogP contribution < -0.4 is 5.32 Å². The summed E-state index contributed by atoms with van der Waals surface area (Å²) >= 11 is 12.1. The summed E-state index contributed by atoms with van der Waals surface area (Å²) in [6, 6.07) is 8.16. The van der Waals surface area contributed by atoms with Gasteiger partial charge in [-0.15, -0.1) is 0 Å². The van der Waals surface area contributed by atoms with Gasteiger partial charge in [0, 0.05) is 11.1 Å². The summed E-state index contributed by atoms with van der Waals surface area (Å²) in [4.78, 5) is 24.1. The van der Waals surface area contributed by atoms with Crippen molar-refractivity contribution >= 4 is 35.1 Å². The van der Waals surface area contributed by atoms with Crippen LogP contribution in [0.1, 0.15) is 38.2 Å². The molecule has 0 saturated heterocycles. The standard InChI is InChI=1S/C18H19Cl2NO4/c1-10(16(22)21-18(2,3)4)24-17(23)14-9-8-13(25-14)11-6-5-7-12(19)15(11)20/h5-10H,1-4H3,(H,21,22)/t10-/m0/s1. The highest BCUT2D eigenvalue weighted by Crippen LogP contribution is 2.34. The Hall–Kier alpha value is -1.98. The summed E-state index contributed by atoms with van der Waals surface area (Å²) in [5.74, 6) is -0.765. The number of benzene rings is 1. The van der Waals surface area contributed by atoms with E-state index in [0.717, 1.165) is 0 Å². The normalized spacial score (nSPS) is 12.6. The lowest BCUT2D eigenvalue weighted by atomic mass is 10.1. The molecule has 1 heterocycles. The Morgan fingerprint density at radius 1 is 1.16 bits per heavy atom. The van der Waals surface area contributed by atoms with E-state index >= 15 is 0 Å². The maximum Gasteiger partial charge on any atom is 0.375 e. The highest BCUT2D eigenvalue weighted by Gasteiger charge is 2.24. The molecule has 1 aromatic carbocycles. The van der Waals surface area contributed by atoms with Crippen LogP contribution in [0.4, 0.5) is 0 Å². The molecule has 0 aliphatic heterocycles. The number of esters is 1. The highest BCUT2D eigenvalue weighted by atomic mass is 35.5. The van der Waals surface area contributed by atoms with Crippen molar-refractivity contribution in [3.8, 4) is 11.3 Å². The van der Waals surface area contributed by atoms with Crippen molar-refractivity contribution in [2.75, 3.05) is 0 Å². The SMILES string of the molecule is C[C@H](OC(=O)c1ccc(-c2cccc(Cl)c2Cl)o1)C(=O)NC(C)(C)C. The average Bonchev–Trinajstić information content (AvgIpc) is 2.98. The van der Waals surface area contributed by atoms with Gasteiger partial charge in [-0.3, -0.25) is 4.79 Å². The number of ether oxygens (including phenoxy) is 1. The smallest absolute Gasteiger partial charge is 0.375 e. The van der Waals surface area contributed by atoms with Crippen molar-refractivity contribution in [2.24, 2.45) is 0 Å². The lowest BCUT2D eigenvalue weighted by molar-refractivity contribution is -0.130. The molecule has 0 aliphatic carbocycles. The second-order valence-corrected chi connectivity index (χ2v) is 7.34. The maximum absolute atomic E-state index is 12.2. The fourth-order valence-electron chi connectivity index (χ4n) is 2.03. The number of carbonyl (C=O) groups is 2. The van der Waals surface area contributed by atoms with Crippen LogP contribution in [0, 0.1) is 0 Å². The Morgan fingerprint density at radius 2 is 1.84 bits per heavy atom. The van der Waals surface area contributed by atoms with E-state index in [9.17, 15) is 9.59 Å². The van der Waals surface area contributed by atoms with E-state index < -0.39 is 17.6 Å². The van der Waals surface area contributed by atoms with Crippen molar-refractivity contribution in [3.05, 3.63) is 46.1 Å². The molecule has 0 unspecified atom stereocenters. The Balaban J connectivity index is 2.10. The van der Waals surface area contributed by atoms with Gasteiger partial charge in [-0.25, -0.2) is 4.79 Å². The Bertz CT molecular complexity index is 793. The molecule has 134 valence electrons. The van der Waals surface area contributed by atoms with E-state index in [-0.39, 0.29) is 11.7 Å². The van der Waals surface area contributed by atoms with E-state index in [4.69, 9.17) is 32.4 Å². The summed E-state index contributed by atoms with van der Waals surface area (Å²) in [6.07, 6.45) is -0.949. The van der Waals surface area contributed by atoms with Crippen LogP contribution in [-0.2, 0) is 9.53 Å². The second kappa shape index (κ2) is 7.50. The Morgan fingerprint density at radius 3 is 2.48 bits per heavy atom. The molecule has 5 nitrogen and oxygen atoms in total. The predicted octanol–water partition coefficient (Wildman–Crippen LogP) is 4.71. The van der Waals surface area contributed by atoms with Crippen LogP contribution in [0.5, 0.6) is 0 Å². The van der Waals surface area contributed by atoms with Crippen molar-refractivity contribution < 1.29 is 18.7 Å². The maximum atomic E-state index is 12.2. The minimum absolute atomic E-state index is 0.0264. The number of nitrogens with one attached hydrogen (secondary N) is 1. The van der Waals surface area contributed by atoms with Crippen LogP contribution in [0.15, 0.2) is 34.7 Å². The number of halogens is 2. The number of hydrogen-bond acceptors (Lipinski definition) is 4. The van der Waals surface area contributed by atoms with Gasteiger partial charge in [0.25, 0.3) is 5.91 Å². The topological polar surface area (TPSA) is 68.5 Å². The molecule has 1 amide bonds. The van der Waals surface area contributed by atoms with E-state index in [2.05, 4.69) is 5.32 Å². The molecule has 2 aromatic rings. The molecule has 1 atom stereocenters. The van der Waals surface area contributed by atoms with E-state index in [1.54, 1.807) is 24.3 Å². The molecule has 0 spiro atoms. The van der Waals surface area contributed by atoms with Crippen molar-refractivity contribution in [1.82, 2.24) is 5.32 Å².